The van der Waals surface area contributed by atoms with E-state index in [4.69, 9.17) is 19.9 Å². The second kappa shape index (κ2) is 6.39. The second-order valence-corrected chi connectivity index (χ2v) is 7.73. The lowest BCUT2D eigenvalue weighted by Gasteiger charge is -2.27. The van der Waals surface area contributed by atoms with E-state index in [1.165, 1.54) is 4.52 Å². The molecule has 2 aliphatic heterocycles. The second-order valence-electron chi connectivity index (χ2n) is 7.73. The van der Waals surface area contributed by atoms with Gasteiger partial charge in [0.1, 0.15) is 29.4 Å². The molecule has 0 saturated carbocycles. The third-order valence-corrected chi connectivity index (χ3v) is 5.73. The first-order valence-electron chi connectivity index (χ1n) is 9.44. The van der Waals surface area contributed by atoms with Crippen LogP contribution >= 0.6 is 0 Å². The number of aliphatic hydroxyl groups excluding tert-OH is 1. The molecular formula is C20H22N4O5. The molecule has 0 bridgehead atoms. The number of aryl methyl sites for hydroxylation is 1. The Balaban J connectivity index is 1.57. The Kier molecular flexibility index (Phi) is 4.04. The van der Waals surface area contributed by atoms with Gasteiger partial charge in [0, 0.05) is 5.56 Å². The Morgan fingerprint density at radius 2 is 2.00 bits per heavy atom. The van der Waals surface area contributed by atoms with Crippen LogP contribution in [0.5, 0.6) is 0 Å². The van der Waals surface area contributed by atoms with Crippen LogP contribution in [0, 0.1) is 6.92 Å². The van der Waals surface area contributed by atoms with Crippen molar-refractivity contribution in [2.24, 2.45) is 0 Å². The van der Waals surface area contributed by atoms with Gasteiger partial charge in [-0.05, 0) is 26.0 Å². The molecule has 0 radical (unpaired) electrons. The van der Waals surface area contributed by atoms with E-state index in [1.54, 1.807) is 12.1 Å². The Hall–Kier alpha value is -2.72. The van der Waals surface area contributed by atoms with Crippen LogP contribution < -0.4 is 11.3 Å². The number of anilines is 1. The quantitative estimate of drug-likeness (QED) is 0.606. The molecule has 0 amide bonds. The molecule has 2 aromatic heterocycles. The monoisotopic (exact) mass is 398 g/mol. The van der Waals surface area contributed by atoms with Gasteiger partial charge < -0.3 is 25.1 Å². The lowest BCUT2D eigenvalue weighted by atomic mass is 9.91. The zero-order valence-electron chi connectivity index (χ0n) is 16.0. The first kappa shape index (κ1) is 18.3. The molecular weight excluding hydrogens is 376 g/mol. The third kappa shape index (κ3) is 2.70. The number of aromatic nitrogens is 3. The number of hydrogen-bond acceptors (Lipinski definition) is 7. The van der Waals surface area contributed by atoms with Crippen molar-refractivity contribution in [1.29, 1.82) is 0 Å². The smallest absolute Gasteiger partial charge is 0.276 e. The van der Waals surface area contributed by atoms with Crippen molar-refractivity contribution in [1.82, 2.24) is 14.6 Å². The summed E-state index contributed by atoms with van der Waals surface area (Å²) in [5.74, 6) is -0.000481. The summed E-state index contributed by atoms with van der Waals surface area (Å²) in [7, 11) is 0. The third-order valence-electron chi connectivity index (χ3n) is 5.73. The topological polar surface area (TPSA) is 124 Å². The summed E-state index contributed by atoms with van der Waals surface area (Å²) < 4.78 is 20.1. The van der Waals surface area contributed by atoms with Crippen molar-refractivity contribution in [3.63, 3.8) is 0 Å². The van der Waals surface area contributed by atoms with E-state index in [2.05, 4.69) is 10.1 Å². The number of aliphatic hydroxyl groups is 1. The molecule has 2 aliphatic rings. The molecule has 0 aliphatic carbocycles. The number of nitrogens with zero attached hydrogens (tertiary/aromatic N) is 2. The molecule has 3 aromatic rings. The summed E-state index contributed by atoms with van der Waals surface area (Å²) in [6, 6.07) is 11.3. The largest absolute Gasteiger partial charge is 0.394 e. The minimum Gasteiger partial charge on any atom is -0.394 e. The van der Waals surface area contributed by atoms with Crippen LogP contribution in [0.2, 0.25) is 0 Å². The molecule has 9 heteroatoms. The molecule has 4 N–H and O–H groups in total. The van der Waals surface area contributed by atoms with Gasteiger partial charge in [-0.15, -0.1) is 5.10 Å². The predicted octanol–water partition coefficient (Wildman–Crippen LogP) is 1.22. The molecule has 5 atom stereocenters. The lowest BCUT2D eigenvalue weighted by Crippen LogP contribution is -2.40. The fourth-order valence-electron chi connectivity index (χ4n) is 4.25. The van der Waals surface area contributed by atoms with Crippen LogP contribution in [0.3, 0.4) is 0 Å². The molecule has 1 unspecified atom stereocenters. The van der Waals surface area contributed by atoms with Crippen LogP contribution in [0.15, 0.2) is 41.2 Å². The van der Waals surface area contributed by atoms with Gasteiger partial charge in [-0.25, -0.2) is 4.52 Å². The summed E-state index contributed by atoms with van der Waals surface area (Å²) in [5, 5.41) is 14.1. The van der Waals surface area contributed by atoms with Gasteiger partial charge >= 0.3 is 0 Å². The Bertz CT molecular complexity index is 1120. The summed E-state index contributed by atoms with van der Waals surface area (Å²) in [6.07, 6.45) is -2.27. The van der Waals surface area contributed by atoms with Crippen LogP contribution in [0.25, 0.3) is 5.52 Å². The number of fused-ring (bicyclic) bond motifs is 2. The summed E-state index contributed by atoms with van der Waals surface area (Å²) in [6.45, 7) is 3.68. The van der Waals surface area contributed by atoms with Crippen LogP contribution in [0.1, 0.15) is 36.1 Å². The molecule has 9 nitrogen and oxygen atoms in total. The maximum atomic E-state index is 12.2. The molecule has 2 fully saturated rings. The Morgan fingerprint density at radius 1 is 1.24 bits per heavy atom. The molecule has 5 rings (SSSR count). The SMILES string of the molecule is Cc1ccc(C2O[C@@H]3[C@@H](CO)O[C@@H](c4ccc5c(=O)[nH]c(N)nn45)[C@]3(C)O2)cc1. The van der Waals surface area contributed by atoms with Crippen molar-refractivity contribution in [3.05, 3.63) is 63.6 Å². The summed E-state index contributed by atoms with van der Waals surface area (Å²) in [4.78, 5) is 14.7. The number of benzene rings is 1. The van der Waals surface area contributed by atoms with Gasteiger partial charge in [0.05, 0.1) is 12.3 Å². The first-order chi connectivity index (χ1) is 13.9. The maximum Gasteiger partial charge on any atom is 0.276 e. The van der Waals surface area contributed by atoms with Gasteiger partial charge in [0.2, 0.25) is 5.95 Å². The number of nitrogen functional groups attached to an aromatic ring is 1. The summed E-state index contributed by atoms with van der Waals surface area (Å²) in [5.41, 5.74) is 7.48. The van der Waals surface area contributed by atoms with E-state index in [1.807, 2.05) is 38.1 Å². The number of nitrogens with one attached hydrogen (secondary N) is 1. The van der Waals surface area contributed by atoms with E-state index in [0.717, 1.165) is 11.1 Å². The zero-order valence-corrected chi connectivity index (χ0v) is 16.0. The molecule has 29 heavy (non-hydrogen) atoms. The minimum absolute atomic E-state index is 0.000481. The lowest BCUT2D eigenvalue weighted by molar-refractivity contribution is -0.158. The minimum atomic E-state index is -0.893. The molecule has 4 heterocycles. The molecule has 0 spiro atoms. The van der Waals surface area contributed by atoms with Crippen LogP contribution in [0.4, 0.5) is 5.95 Å². The van der Waals surface area contributed by atoms with Crippen LogP contribution in [-0.4, -0.2) is 44.1 Å². The fraction of sp³-hybridized carbons (Fsp3) is 0.400. The fourth-order valence-corrected chi connectivity index (χ4v) is 4.25. The standard InChI is InChI=1S/C20H22N4O5/c1-10-3-5-11(6-4-10)18-28-16-14(9-25)27-15(20(16,2)29-18)12-7-8-13-17(26)22-19(21)23-24(12)13/h3-8,14-16,18,25H,9H2,1-2H3,(H3,21,22,23,26)/t14-,15+,16-,18?,20+/m1/s1. The average molecular weight is 398 g/mol. The van der Waals surface area contributed by atoms with Crippen molar-refractivity contribution in [3.8, 4) is 0 Å². The van der Waals surface area contributed by atoms with Crippen LogP contribution in [-0.2, 0) is 14.2 Å². The molecule has 2 saturated heterocycles. The number of nitrogens with two attached hydrogens (primary N) is 1. The number of ether oxygens (including phenoxy) is 3. The highest BCUT2D eigenvalue weighted by atomic mass is 16.8. The number of rotatable bonds is 3. The predicted molar refractivity (Wildman–Crippen MR) is 103 cm³/mol. The zero-order chi connectivity index (χ0) is 20.3. The highest BCUT2D eigenvalue weighted by Crippen LogP contribution is 2.53. The van der Waals surface area contributed by atoms with Gasteiger partial charge in [-0.1, -0.05) is 29.8 Å². The normalized spacial score (nSPS) is 31.4. The summed E-state index contributed by atoms with van der Waals surface area (Å²) >= 11 is 0. The highest BCUT2D eigenvalue weighted by Gasteiger charge is 2.62. The Labute approximate surface area is 166 Å². The average Bonchev–Trinajstić information content (AvgIpc) is 3.32. The number of aromatic amines is 1. The number of hydrogen-bond donors (Lipinski definition) is 3. The molecule has 152 valence electrons. The molecule has 1 aromatic carbocycles. The van der Waals surface area contributed by atoms with Crippen molar-refractivity contribution < 1.29 is 19.3 Å². The maximum absolute atomic E-state index is 12.2. The highest BCUT2D eigenvalue weighted by molar-refractivity contribution is 5.48. The number of H-pyrrole nitrogens is 1. The van der Waals surface area contributed by atoms with Crippen molar-refractivity contribution in [2.45, 2.75) is 44.1 Å². The van der Waals surface area contributed by atoms with E-state index < -0.39 is 30.2 Å². The van der Waals surface area contributed by atoms with E-state index in [9.17, 15) is 9.90 Å². The van der Waals surface area contributed by atoms with E-state index >= 15 is 0 Å². The van der Waals surface area contributed by atoms with Crippen molar-refractivity contribution in [2.75, 3.05) is 12.3 Å². The van der Waals surface area contributed by atoms with Crippen molar-refractivity contribution >= 4 is 11.5 Å². The van der Waals surface area contributed by atoms with Gasteiger partial charge in [-0.2, -0.15) is 0 Å². The Morgan fingerprint density at radius 3 is 2.72 bits per heavy atom. The van der Waals surface area contributed by atoms with E-state index in [-0.39, 0.29) is 18.1 Å². The van der Waals surface area contributed by atoms with Gasteiger partial charge in [-0.3, -0.25) is 9.78 Å². The first-order valence-corrected chi connectivity index (χ1v) is 9.44. The van der Waals surface area contributed by atoms with E-state index in [0.29, 0.717) is 11.2 Å². The van der Waals surface area contributed by atoms with Gasteiger partial charge in [0.15, 0.2) is 6.29 Å². The van der Waals surface area contributed by atoms with Gasteiger partial charge in [0.25, 0.3) is 5.56 Å².